The van der Waals surface area contributed by atoms with Crippen LogP contribution in [0.2, 0.25) is 0 Å². The first-order chi connectivity index (χ1) is 9.07. The fourth-order valence-electron chi connectivity index (χ4n) is 2.32. The first-order valence-electron chi connectivity index (χ1n) is 6.64. The van der Waals surface area contributed by atoms with Crippen molar-refractivity contribution < 1.29 is 9.90 Å². The number of aliphatic hydroxyl groups is 1. The number of hydrogen-bond acceptors (Lipinski definition) is 4. The van der Waals surface area contributed by atoms with Gasteiger partial charge >= 0.3 is 6.03 Å². The van der Waals surface area contributed by atoms with Crippen molar-refractivity contribution in [1.82, 2.24) is 15.3 Å². The van der Waals surface area contributed by atoms with Crippen LogP contribution in [0.25, 0.3) is 0 Å². The van der Waals surface area contributed by atoms with E-state index in [1.165, 1.54) is 0 Å². The summed E-state index contributed by atoms with van der Waals surface area (Å²) in [6.07, 6.45) is 6.29. The Morgan fingerprint density at radius 3 is 2.84 bits per heavy atom. The van der Waals surface area contributed by atoms with Crippen LogP contribution in [0.5, 0.6) is 0 Å². The van der Waals surface area contributed by atoms with E-state index in [4.69, 9.17) is 0 Å². The molecule has 1 heterocycles. The molecule has 19 heavy (non-hydrogen) atoms. The number of anilines is 1. The van der Waals surface area contributed by atoms with Gasteiger partial charge in [0.25, 0.3) is 0 Å². The highest BCUT2D eigenvalue weighted by atomic mass is 16.3. The lowest BCUT2D eigenvalue weighted by molar-refractivity contribution is 0.00755. The fraction of sp³-hybridized carbons (Fsp3) is 0.615. The molecule has 6 heteroatoms. The number of hydrogen-bond donors (Lipinski definition) is 3. The Morgan fingerprint density at radius 2 is 2.16 bits per heavy atom. The van der Waals surface area contributed by atoms with Crippen LogP contribution in [-0.2, 0) is 0 Å². The van der Waals surface area contributed by atoms with Crippen LogP contribution < -0.4 is 10.6 Å². The molecule has 0 aliphatic heterocycles. The predicted molar refractivity (Wildman–Crippen MR) is 71.8 cm³/mol. The molecule has 2 amide bonds. The first-order valence-corrected chi connectivity index (χ1v) is 6.64. The predicted octanol–water partition coefficient (Wildman–Crippen LogP) is 1.60. The molecule has 0 spiro atoms. The van der Waals surface area contributed by atoms with Crippen molar-refractivity contribution in [2.75, 3.05) is 11.9 Å². The third-order valence-electron chi connectivity index (χ3n) is 3.38. The fourth-order valence-corrected chi connectivity index (χ4v) is 2.32. The molecule has 2 rings (SSSR count). The molecular formula is C13H20N4O2. The first kappa shape index (κ1) is 13.7. The Kier molecular flexibility index (Phi) is 4.31. The van der Waals surface area contributed by atoms with E-state index in [9.17, 15) is 9.90 Å². The topological polar surface area (TPSA) is 87.1 Å². The van der Waals surface area contributed by atoms with Crippen molar-refractivity contribution >= 4 is 11.8 Å². The lowest BCUT2D eigenvalue weighted by Gasteiger charge is -2.32. The van der Waals surface area contributed by atoms with Crippen molar-refractivity contribution in [3.8, 4) is 0 Å². The Bertz CT molecular complexity index is 444. The maximum Gasteiger partial charge on any atom is 0.320 e. The molecule has 0 atom stereocenters. The number of rotatable bonds is 3. The molecule has 1 saturated carbocycles. The SMILES string of the molecule is Cc1nccc(NC(=O)NCC2(O)CCCCC2)n1. The van der Waals surface area contributed by atoms with E-state index < -0.39 is 5.60 Å². The van der Waals surface area contributed by atoms with E-state index in [0.717, 1.165) is 32.1 Å². The van der Waals surface area contributed by atoms with Crippen molar-refractivity contribution in [2.45, 2.75) is 44.6 Å². The third-order valence-corrected chi connectivity index (χ3v) is 3.38. The number of carbonyl (C=O) groups is 1. The van der Waals surface area contributed by atoms with E-state index in [1.807, 2.05) is 0 Å². The number of carbonyl (C=O) groups excluding carboxylic acids is 1. The van der Waals surface area contributed by atoms with Gasteiger partial charge in [0.05, 0.1) is 5.60 Å². The zero-order valence-corrected chi connectivity index (χ0v) is 11.1. The monoisotopic (exact) mass is 264 g/mol. The number of amides is 2. The van der Waals surface area contributed by atoms with Crippen LogP contribution in [0.15, 0.2) is 12.3 Å². The highest BCUT2D eigenvalue weighted by Gasteiger charge is 2.29. The summed E-state index contributed by atoms with van der Waals surface area (Å²) in [5.41, 5.74) is -0.753. The van der Waals surface area contributed by atoms with Gasteiger partial charge < -0.3 is 10.4 Å². The van der Waals surface area contributed by atoms with Gasteiger partial charge in [-0.3, -0.25) is 5.32 Å². The summed E-state index contributed by atoms with van der Waals surface area (Å²) in [5, 5.41) is 15.6. The van der Waals surface area contributed by atoms with Gasteiger partial charge in [0.1, 0.15) is 11.6 Å². The standard InChI is InChI=1S/C13H20N4O2/c1-10-14-8-5-11(16-10)17-12(18)15-9-13(19)6-3-2-4-7-13/h5,8,19H,2-4,6-7,9H2,1H3,(H2,14,15,16,17,18). The van der Waals surface area contributed by atoms with Crippen molar-refractivity contribution in [3.05, 3.63) is 18.1 Å². The van der Waals surface area contributed by atoms with Crippen LogP contribution in [0.1, 0.15) is 37.9 Å². The Balaban J connectivity index is 1.81. The van der Waals surface area contributed by atoms with Gasteiger partial charge in [-0.25, -0.2) is 14.8 Å². The molecule has 3 N–H and O–H groups in total. The molecule has 0 radical (unpaired) electrons. The molecule has 1 aliphatic rings. The number of urea groups is 1. The van der Waals surface area contributed by atoms with Gasteiger partial charge in [0.2, 0.25) is 0 Å². The van der Waals surface area contributed by atoms with Gasteiger partial charge in [0.15, 0.2) is 0 Å². The van der Waals surface area contributed by atoms with Crippen LogP contribution in [0.4, 0.5) is 10.6 Å². The second kappa shape index (κ2) is 5.97. The number of aryl methyl sites for hydroxylation is 1. The highest BCUT2D eigenvalue weighted by Crippen LogP contribution is 2.27. The molecule has 104 valence electrons. The summed E-state index contributed by atoms with van der Waals surface area (Å²) in [5.74, 6) is 1.06. The second-order valence-corrected chi connectivity index (χ2v) is 5.08. The smallest absolute Gasteiger partial charge is 0.320 e. The highest BCUT2D eigenvalue weighted by molar-refractivity contribution is 5.88. The molecular weight excluding hydrogens is 244 g/mol. The van der Waals surface area contributed by atoms with Gasteiger partial charge in [-0.1, -0.05) is 19.3 Å². The Labute approximate surface area is 112 Å². The maximum atomic E-state index is 11.7. The number of nitrogens with one attached hydrogen (secondary N) is 2. The summed E-state index contributed by atoms with van der Waals surface area (Å²) in [7, 11) is 0. The molecule has 0 bridgehead atoms. The van der Waals surface area contributed by atoms with E-state index in [1.54, 1.807) is 19.2 Å². The molecule has 1 aliphatic carbocycles. The quantitative estimate of drug-likeness (QED) is 0.774. The minimum Gasteiger partial charge on any atom is -0.388 e. The number of nitrogens with zero attached hydrogens (tertiary/aromatic N) is 2. The number of aromatic nitrogens is 2. The normalized spacial score (nSPS) is 17.8. The average Bonchev–Trinajstić information content (AvgIpc) is 2.38. The zero-order chi connectivity index (χ0) is 13.7. The molecule has 0 unspecified atom stereocenters. The summed E-state index contributed by atoms with van der Waals surface area (Å²) in [4.78, 5) is 19.7. The van der Waals surface area contributed by atoms with E-state index >= 15 is 0 Å². The minimum absolute atomic E-state index is 0.281. The molecule has 6 nitrogen and oxygen atoms in total. The van der Waals surface area contributed by atoms with E-state index in [-0.39, 0.29) is 12.6 Å². The van der Waals surface area contributed by atoms with Crippen molar-refractivity contribution in [1.29, 1.82) is 0 Å². The zero-order valence-electron chi connectivity index (χ0n) is 11.1. The van der Waals surface area contributed by atoms with Gasteiger partial charge in [-0.2, -0.15) is 0 Å². The van der Waals surface area contributed by atoms with Crippen LogP contribution in [0, 0.1) is 6.92 Å². The summed E-state index contributed by atoms with van der Waals surface area (Å²) >= 11 is 0. The second-order valence-electron chi connectivity index (χ2n) is 5.08. The van der Waals surface area contributed by atoms with Gasteiger partial charge in [-0.05, 0) is 25.8 Å². The molecule has 0 saturated heterocycles. The minimum atomic E-state index is -0.753. The van der Waals surface area contributed by atoms with Crippen LogP contribution >= 0.6 is 0 Å². The largest absolute Gasteiger partial charge is 0.388 e. The lowest BCUT2D eigenvalue weighted by Crippen LogP contribution is -2.45. The lowest BCUT2D eigenvalue weighted by atomic mass is 9.85. The Hall–Kier alpha value is -1.69. The van der Waals surface area contributed by atoms with Crippen molar-refractivity contribution in [3.63, 3.8) is 0 Å². The van der Waals surface area contributed by atoms with Crippen LogP contribution in [0.3, 0.4) is 0 Å². The summed E-state index contributed by atoms with van der Waals surface area (Å²) in [6.45, 7) is 2.04. The van der Waals surface area contributed by atoms with E-state index in [2.05, 4.69) is 20.6 Å². The van der Waals surface area contributed by atoms with Crippen molar-refractivity contribution in [2.24, 2.45) is 0 Å². The summed E-state index contributed by atoms with van der Waals surface area (Å²) < 4.78 is 0. The Morgan fingerprint density at radius 1 is 1.42 bits per heavy atom. The maximum absolute atomic E-state index is 11.7. The molecule has 0 aromatic carbocycles. The van der Waals surface area contributed by atoms with Gasteiger partial charge in [0, 0.05) is 12.7 Å². The average molecular weight is 264 g/mol. The van der Waals surface area contributed by atoms with Crippen LogP contribution in [-0.4, -0.2) is 33.3 Å². The van der Waals surface area contributed by atoms with E-state index in [0.29, 0.717) is 11.6 Å². The molecule has 1 aromatic heterocycles. The summed E-state index contributed by atoms with van der Waals surface area (Å²) in [6, 6.07) is 1.28. The molecule has 1 aromatic rings. The molecule has 1 fully saturated rings. The third kappa shape index (κ3) is 4.17. The van der Waals surface area contributed by atoms with Gasteiger partial charge in [-0.15, -0.1) is 0 Å².